The fourth-order valence-corrected chi connectivity index (χ4v) is 11.1. The molecule has 1 unspecified atom stereocenters. The number of piperidine rings is 1. The molecule has 0 aromatic heterocycles. The smallest absolute Gasteiger partial charge is 0.325 e. The number of benzene rings is 1. The van der Waals surface area contributed by atoms with Gasteiger partial charge in [-0.3, -0.25) is 14.5 Å². The summed E-state index contributed by atoms with van der Waals surface area (Å²) in [6, 6.07) is 6.25. The standard InChI is InChI=1S/C28H37N3O6S/c1-26(2)19-8-10-28(26,22(15-19)31-24(34)21(16-23(32)33)29-25(31)35)17-38(36,37)30-13-11-27(12-14-30)9-7-18-5-3-4-6-20(18)27/h3-6,19,21-22H,7-17H2,1-2H3,(H,29,35)(H,32,33)/t19-,21?,22+,28-/m1/s1. The number of amides is 3. The van der Waals surface area contributed by atoms with Crippen molar-refractivity contribution in [3.8, 4) is 0 Å². The van der Waals surface area contributed by atoms with Crippen LogP contribution in [0, 0.1) is 16.7 Å². The topological polar surface area (TPSA) is 124 Å². The lowest BCUT2D eigenvalue weighted by Crippen LogP contribution is -2.56. The van der Waals surface area contributed by atoms with Crippen molar-refractivity contribution >= 4 is 27.9 Å². The van der Waals surface area contributed by atoms with Crippen LogP contribution in [-0.4, -0.2) is 71.6 Å². The molecule has 2 bridgehead atoms. The highest BCUT2D eigenvalue weighted by Crippen LogP contribution is 2.67. The summed E-state index contributed by atoms with van der Waals surface area (Å²) in [5, 5.41) is 11.7. The number of sulfonamides is 1. The van der Waals surface area contributed by atoms with Crippen LogP contribution < -0.4 is 5.32 Å². The van der Waals surface area contributed by atoms with Crippen LogP contribution in [0.3, 0.4) is 0 Å². The van der Waals surface area contributed by atoms with E-state index in [-0.39, 0.29) is 22.5 Å². The number of imide groups is 1. The summed E-state index contributed by atoms with van der Waals surface area (Å²) < 4.78 is 29.7. The third-order valence-corrected chi connectivity index (χ3v) is 13.1. The van der Waals surface area contributed by atoms with Crippen molar-refractivity contribution in [2.45, 2.75) is 82.7 Å². The van der Waals surface area contributed by atoms with Crippen molar-refractivity contribution in [3.05, 3.63) is 35.4 Å². The molecule has 206 valence electrons. The average Bonchev–Trinajstić information content (AvgIpc) is 3.49. The zero-order chi connectivity index (χ0) is 27.1. The van der Waals surface area contributed by atoms with Gasteiger partial charge in [0, 0.05) is 24.5 Å². The van der Waals surface area contributed by atoms with Crippen molar-refractivity contribution in [3.63, 3.8) is 0 Å². The molecule has 6 rings (SSSR count). The molecular weight excluding hydrogens is 506 g/mol. The molecule has 2 N–H and O–H groups in total. The molecule has 2 aliphatic heterocycles. The Balaban J connectivity index is 1.24. The van der Waals surface area contributed by atoms with E-state index in [0.717, 1.165) is 32.1 Å². The van der Waals surface area contributed by atoms with E-state index in [2.05, 4.69) is 43.4 Å². The fourth-order valence-electron chi connectivity index (χ4n) is 8.78. The molecule has 9 nitrogen and oxygen atoms in total. The number of nitrogens with zero attached hydrogens (tertiary/aromatic N) is 2. The number of carboxylic acids is 1. The van der Waals surface area contributed by atoms with E-state index in [1.807, 2.05) is 0 Å². The minimum Gasteiger partial charge on any atom is -0.481 e. The zero-order valence-corrected chi connectivity index (χ0v) is 22.9. The Labute approximate surface area is 224 Å². The molecular formula is C28H37N3O6S. The number of nitrogens with one attached hydrogen (secondary N) is 1. The van der Waals surface area contributed by atoms with Crippen molar-refractivity contribution in [1.29, 1.82) is 0 Å². The van der Waals surface area contributed by atoms with Gasteiger partial charge in [0.1, 0.15) is 6.04 Å². The molecule has 2 saturated heterocycles. The van der Waals surface area contributed by atoms with Gasteiger partial charge >= 0.3 is 12.0 Å². The first-order valence-corrected chi connectivity index (χ1v) is 15.4. The first-order valence-electron chi connectivity index (χ1n) is 13.8. The monoisotopic (exact) mass is 543 g/mol. The van der Waals surface area contributed by atoms with Crippen LogP contribution >= 0.6 is 0 Å². The number of carbonyl (C=O) groups excluding carboxylic acids is 2. The number of urea groups is 1. The first-order chi connectivity index (χ1) is 17.9. The van der Waals surface area contributed by atoms with Gasteiger partial charge < -0.3 is 10.4 Å². The molecule has 1 aromatic carbocycles. The van der Waals surface area contributed by atoms with Crippen LogP contribution in [0.2, 0.25) is 0 Å². The SMILES string of the molecule is CC1(C)[C@@H]2CC[C@@]1(CS(=O)(=O)N1CCC3(CCc4ccccc43)CC1)[C@@H](N1C(=O)NC(CC(=O)O)C1=O)C2. The maximum atomic E-state index is 14.0. The van der Waals surface area contributed by atoms with E-state index in [4.69, 9.17) is 0 Å². The summed E-state index contributed by atoms with van der Waals surface area (Å²) in [6.07, 6.45) is 5.27. The first kappa shape index (κ1) is 25.8. The second-order valence-corrected chi connectivity index (χ2v) is 14.7. The minimum absolute atomic E-state index is 0.0493. The molecule has 1 aromatic rings. The molecule has 10 heteroatoms. The van der Waals surface area contributed by atoms with E-state index in [9.17, 15) is 27.9 Å². The molecule has 38 heavy (non-hydrogen) atoms. The quantitative estimate of drug-likeness (QED) is 0.532. The van der Waals surface area contributed by atoms with Gasteiger partial charge in [0.25, 0.3) is 5.91 Å². The summed E-state index contributed by atoms with van der Waals surface area (Å²) in [5.74, 6) is -1.62. The lowest BCUT2D eigenvalue weighted by Gasteiger charge is -2.46. The maximum Gasteiger partial charge on any atom is 0.325 e. The van der Waals surface area contributed by atoms with Crippen molar-refractivity contribution in [2.24, 2.45) is 16.7 Å². The molecule has 0 radical (unpaired) electrons. The third kappa shape index (κ3) is 3.58. The zero-order valence-electron chi connectivity index (χ0n) is 22.1. The van der Waals surface area contributed by atoms with Crippen LogP contribution in [0.25, 0.3) is 0 Å². The highest BCUT2D eigenvalue weighted by atomic mass is 32.2. The fraction of sp³-hybridized carbons (Fsp3) is 0.679. The van der Waals surface area contributed by atoms with E-state index in [1.54, 1.807) is 4.31 Å². The summed E-state index contributed by atoms with van der Waals surface area (Å²) in [6.45, 7) is 5.11. The Morgan fingerprint density at radius 2 is 1.82 bits per heavy atom. The Morgan fingerprint density at radius 1 is 1.11 bits per heavy atom. The summed E-state index contributed by atoms with van der Waals surface area (Å²) in [5.41, 5.74) is 1.66. The predicted octanol–water partition coefficient (Wildman–Crippen LogP) is 2.89. The lowest BCUT2D eigenvalue weighted by molar-refractivity contribution is -0.141. The number of aryl methyl sites for hydroxylation is 1. The molecule has 5 aliphatic rings. The molecule has 3 aliphatic carbocycles. The summed E-state index contributed by atoms with van der Waals surface area (Å²) in [7, 11) is -3.67. The highest BCUT2D eigenvalue weighted by Gasteiger charge is 2.69. The van der Waals surface area contributed by atoms with E-state index in [0.29, 0.717) is 25.9 Å². The van der Waals surface area contributed by atoms with Crippen LogP contribution in [-0.2, 0) is 31.4 Å². The third-order valence-electron chi connectivity index (χ3n) is 11.1. The molecule has 1 spiro atoms. The second kappa shape index (κ2) is 8.52. The number of hydrogen-bond acceptors (Lipinski definition) is 5. The lowest BCUT2D eigenvalue weighted by atomic mass is 9.68. The van der Waals surface area contributed by atoms with Crippen molar-refractivity contribution in [2.75, 3.05) is 18.8 Å². The van der Waals surface area contributed by atoms with Gasteiger partial charge in [-0.1, -0.05) is 38.1 Å². The van der Waals surface area contributed by atoms with E-state index < -0.39 is 51.9 Å². The van der Waals surface area contributed by atoms with Gasteiger partial charge in [-0.05, 0) is 72.8 Å². The van der Waals surface area contributed by atoms with Gasteiger partial charge in [-0.25, -0.2) is 17.5 Å². The number of aliphatic carboxylic acids is 1. The molecule has 4 fully saturated rings. The van der Waals surface area contributed by atoms with Crippen LogP contribution in [0.1, 0.15) is 69.9 Å². The highest BCUT2D eigenvalue weighted by molar-refractivity contribution is 7.89. The average molecular weight is 544 g/mol. The van der Waals surface area contributed by atoms with Crippen LogP contribution in [0.4, 0.5) is 4.79 Å². The maximum absolute atomic E-state index is 14.0. The van der Waals surface area contributed by atoms with Crippen molar-refractivity contribution < 1.29 is 27.9 Å². The Kier molecular flexibility index (Phi) is 5.78. The van der Waals surface area contributed by atoms with E-state index in [1.165, 1.54) is 16.0 Å². The van der Waals surface area contributed by atoms with E-state index >= 15 is 0 Å². The Morgan fingerprint density at radius 3 is 2.50 bits per heavy atom. The largest absolute Gasteiger partial charge is 0.481 e. The van der Waals surface area contributed by atoms with Crippen molar-refractivity contribution in [1.82, 2.24) is 14.5 Å². The Hall–Kier alpha value is -2.46. The predicted molar refractivity (Wildman–Crippen MR) is 140 cm³/mol. The van der Waals surface area contributed by atoms with Gasteiger partial charge in [0.05, 0.1) is 12.2 Å². The Bertz CT molecular complexity index is 1300. The van der Waals surface area contributed by atoms with Crippen LogP contribution in [0.15, 0.2) is 24.3 Å². The molecule has 4 atom stereocenters. The number of fused-ring (bicyclic) bond motifs is 4. The number of carbonyl (C=O) groups is 3. The number of carboxylic acid groups (broad SMARTS) is 1. The van der Waals surface area contributed by atoms with Gasteiger partial charge in [0.15, 0.2) is 0 Å². The second-order valence-electron chi connectivity index (χ2n) is 12.8. The summed E-state index contributed by atoms with van der Waals surface area (Å²) >= 11 is 0. The number of hydrogen-bond donors (Lipinski definition) is 2. The summed E-state index contributed by atoms with van der Waals surface area (Å²) in [4.78, 5) is 38.6. The molecule has 2 saturated carbocycles. The van der Waals surface area contributed by atoms with Gasteiger partial charge in [-0.2, -0.15) is 0 Å². The molecule has 2 heterocycles. The minimum atomic E-state index is -3.67. The normalized spacial score (nSPS) is 33.6. The van der Waals surface area contributed by atoms with Crippen LogP contribution in [0.5, 0.6) is 0 Å². The van der Waals surface area contributed by atoms with Gasteiger partial charge in [0.2, 0.25) is 10.0 Å². The van der Waals surface area contributed by atoms with Gasteiger partial charge in [-0.15, -0.1) is 0 Å². The number of rotatable bonds is 6. The molecule has 3 amide bonds.